The average molecular weight is 211 g/mol. The van der Waals surface area contributed by atoms with Gasteiger partial charge in [0, 0.05) is 38.8 Å². The van der Waals surface area contributed by atoms with Crippen LogP contribution in [0.2, 0.25) is 0 Å². The molecule has 2 fully saturated rings. The van der Waals surface area contributed by atoms with E-state index >= 15 is 0 Å². The van der Waals surface area contributed by atoms with Gasteiger partial charge in [-0.25, -0.2) is 0 Å². The summed E-state index contributed by atoms with van der Waals surface area (Å²) in [6.07, 6.45) is 0. The minimum Gasteiger partial charge on any atom is -0.327 e. The Morgan fingerprint density at radius 2 is 1.67 bits per heavy atom. The first kappa shape index (κ1) is 11.4. The smallest absolute Gasteiger partial charge is 0.0145 e. The molecule has 0 aliphatic carbocycles. The summed E-state index contributed by atoms with van der Waals surface area (Å²) >= 11 is 0. The highest BCUT2D eigenvalue weighted by atomic mass is 15.2. The van der Waals surface area contributed by atoms with E-state index in [1.807, 2.05) is 0 Å². The Morgan fingerprint density at radius 1 is 1.13 bits per heavy atom. The molecule has 3 nitrogen and oxygen atoms in total. The summed E-state index contributed by atoms with van der Waals surface area (Å²) in [7, 11) is 2.23. The van der Waals surface area contributed by atoms with Crippen LogP contribution in [0.1, 0.15) is 13.8 Å². The monoisotopic (exact) mass is 211 g/mol. The fraction of sp³-hybridized carbons (Fsp3) is 1.00. The molecule has 0 aromatic carbocycles. The van der Waals surface area contributed by atoms with Crippen molar-refractivity contribution in [3.05, 3.63) is 0 Å². The van der Waals surface area contributed by atoms with Crippen molar-refractivity contribution >= 4 is 0 Å². The van der Waals surface area contributed by atoms with Gasteiger partial charge in [-0.1, -0.05) is 13.8 Å². The van der Waals surface area contributed by atoms with Crippen LogP contribution in [0.4, 0.5) is 0 Å². The highest BCUT2D eigenvalue weighted by Crippen LogP contribution is 2.27. The molecule has 0 radical (unpaired) electrons. The van der Waals surface area contributed by atoms with E-state index in [1.165, 1.54) is 32.7 Å². The second kappa shape index (κ2) is 4.40. The van der Waals surface area contributed by atoms with Gasteiger partial charge in [-0.3, -0.25) is 0 Å². The van der Waals surface area contributed by atoms with E-state index in [2.05, 4.69) is 30.7 Å². The van der Waals surface area contributed by atoms with Crippen LogP contribution in [0.3, 0.4) is 0 Å². The summed E-state index contributed by atoms with van der Waals surface area (Å²) in [5.74, 6) is 2.17. The predicted octanol–water partition coefficient (Wildman–Crippen LogP) is 0.463. The number of likely N-dealkylation sites (tertiary alicyclic amines) is 2. The lowest BCUT2D eigenvalue weighted by Crippen LogP contribution is -2.62. The predicted molar refractivity (Wildman–Crippen MR) is 63.7 cm³/mol. The standard InChI is InChI=1S/C12H25N3/c1-9(2)4-15-7-10-5-14(3)6-11(8-15)12(10)13/h9-12H,4-8,13H2,1-3H3. The number of hydrogen-bond donors (Lipinski definition) is 1. The zero-order valence-corrected chi connectivity index (χ0v) is 10.3. The van der Waals surface area contributed by atoms with Gasteiger partial charge in [-0.05, 0) is 24.8 Å². The maximum absolute atomic E-state index is 6.29. The van der Waals surface area contributed by atoms with Crippen molar-refractivity contribution in [1.29, 1.82) is 0 Å². The van der Waals surface area contributed by atoms with Crippen molar-refractivity contribution in [2.75, 3.05) is 39.8 Å². The van der Waals surface area contributed by atoms with Gasteiger partial charge < -0.3 is 15.5 Å². The molecule has 0 spiro atoms. The summed E-state index contributed by atoms with van der Waals surface area (Å²) < 4.78 is 0. The van der Waals surface area contributed by atoms with E-state index in [0.717, 1.165) is 5.92 Å². The number of nitrogens with two attached hydrogens (primary N) is 1. The highest BCUT2D eigenvalue weighted by molar-refractivity contribution is 4.95. The summed E-state index contributed by atoms with van der Waals surface area (Å²) in [5, 5.41) is 0. The van der Waals surface area contributed by atoms with Crippen molar-refractivity contribution in [1.82, 2.24) is 9.80 Å². The lowest BCUT2D eigenvalue weighted by atomic mass is 9.80. The molecule has 2 aliphatic rings. The van der Waals surface area contributed by atoms with E-state index in [0.29, 0.717) is 17.9 Å². The van der Waals surface area contributed by atoms with Crippen molar-refractivity contribution in [3.63, 3.8) is 0 Å². The van der Waals surface area contributed by atoms with E-state index < -0.39 is 0 Å². The molecule has 2 saturated heterocycles. The summed E-state index contributed by atoms with van der Waals surface area (Å²) in [5.41, 5.74) is 6.29. The largest absolute Gasteiger partial charge is 0.327 e. The topological polar surface area (TPSA) is 32.5 Å². The zero-order valence-electron chi connectivity index (χ0n) is 10.3. The molecule has 15 heavy (non-hydrogen) atoms. The summed E-state index contributed by atoms with van der Waals surface area (Å²) in [4.78, 5) is 5.07. The number of rotatable bonds is 2. The SMILES string of the molecule is CC(C)CN1CC2CN(C)CC(C1)C2N. The molecule has 2 atom stereocenters. The van der Waals surface area contributed by atoms with Gasteiger partial charge in [0.2, 0.25) is 0 Å². The van der Waals surface area contributed by atoms with Crippen LogP contribution in [-0.2, 0) is 0 Å². The summed E-state index contributed by atoms with van der Waals surface area (Å²) in [6.45, 7) is 10.6. The molecule has 3 heteroatoms. The average Bonchev–Trinajstić information content (AvgIpc) is 2.08. The lowest BCUT2D eigenvalue weighted by Gasteiger charge is -2.49. The molecule has 2 rings (SSSR count). The van der Waals surface area contributed by atoms with E-state index in [4.69, 9.17) is 5.73 Å². The fourth-order valence-corrected chi connectivity index (χ4v) is 3.27. The fourth-order valence-electron chi connectivity index (χ4n) is 3.27. The Bertz CT molecular complexity index is 201. The third kappa shape index (κ3) is 2.52. The first-order chi connectivity index (χ1) is 7.06. The summed E-state index contributed by atoms with van der Waals surface area (Å²) in [6, 6.07) is 0.449. The normalized spacial score (nSPS) is 38.6. The highest BCUT2D eigenvalue weighted by Gasteiger charge is 2.39. The third-order valence-electron chi connectivity index (χ3n) is 3.79. The minimum absolute atomic E-state index is 0.449. The molecular formula is C12H25N3. The molecule has 2 unspecified atom stereocenters. The molecule has 2 aliphatic heterocycles. The quantitative estimate of drug-likeness (QED) is 0.720. The van der Waals surface area contributed by atoms with Gasteiger partial charge in [0.15, 0.2) is 0 Å². The molecule has 88 valence electrons. The number of fused-ring (bicyclic) bond motifs is 2. The van der Waals surface area contributed by atoms with Gasteiger partial charge >= 0.3 is 0 Å². The molecule has 2 N–H and O–H groups in total. The first-order valence-electron chi connectivity index (χ1n) is 6.22. The minimum atomic E-state index is 0.449. The Balaban J connectivity index is 1.96. The van der Waals surface area contributed by atoms with Crippen LogP contribution in [0.15, 0.2) is 0 Å². The van der Waals surface area contributed by atoms with Crippen LogP contribution in [0.5, 0.6) is 0 Å². The molecule has 0 saturated carbocycles. The number of hydrogen-bond acceptors (Lipinski definition) is 3. The van der Waals surface area contributed by atoms with Gasteiger partial charge in [0.05, 0.1) is 0 Å². The van der Waals surface area contributed by atoms with Crippen molar-refractivity contribution in [2.24, 2.45) is 23.5 Å². The molecular weight excluding hydrogens is 186 g/mol. The Hall–Kier alpha value is -0.120. The van der Waals surface area contributed by atoms with Crippen LogP contribution in [0.25, 0.3) is 0 Å². The number of piperidine rings is 2. The lowest BCUT2D eigenvalue weighted by molar-refractivity contribution is 0.0191. The maximum Gasteiger partial charge on any atom is 0.0145 e. The second-order valence-electron chi connectivity index (χ2n) is 5.93. The van der Waals surface area contributed by atoms with Gasteiger partial charge in [-0.15, -0.1) is 0 Å². The second-order valence-corrected chi connectivity index (χ2v) is 5.93. The Labute approximate surface area is 93.6 Å². The van der Waals surface area contributed by atoms with Crippen LogP contribution in [-0.4, -0.2) is 55.6 Å². The van der Waals surface area contributed by atoms with Crippen LogP contribution in [0, 0.1) is 17.8 Å². The Morgan fingerprint density at radius 3 is 2.13 bits per heavy atom. The zero-order chi connectivity index (χ0) is 11.0. The first-order valence-corrected chi connectivity index (χ1v) is 6.22. The van der Waals surface area contributed by atoms with Crippen LogP contribution >= 0.6 is 0 Å². The molecule has 2 heterocycles. The van der Waals surface area contributed by atoms with Crippen molar-refractivity contribution in [3.8, 4) is 0 Å². The van der Waals surface area contributed by atoms with E-state index in [-0.39, 0.29) is 0 Å². The van der Waals surface area contributed by atoms with E-state index in [1.54, 1.807) is 0 Å². The Kier molecular flexibility index (Phi) is 3.33. The third-order valence-corrected chi connectivity index (χ3v) is 3.79. The molecule has 0 aromatic rings. The van der Waals surface area contributed by atoms with Gasteiger partial charge in [0.25, 0.3) is 0 Å². The van der Waals surface area contributed by atoms with Gasteiger partial charge in [0.1, 0.15) is 0 Å². The number of nitrogens with zero attached hydrogens (tertiary/aromatic N) is 2. The van der Waals surface area contributed by atoms with Crippen molar-refractivity contribution in [2.45, 2.75) is 19.9 Å². The molecule has 0 amide bonds. The van der Waals surface area contributed by atoms with Crippen LogP contribution < -0.4 is 5.73 Å². The van der Waals surface area contributed by atoms with Gasteiger partial charge in [-0.2, -0.15) is 0 Å². The van der Waals surface area contributed by atoms with E-state index in [9.17, 15) is 0 Å². The van der Waals surface area contributed by atoms with Crippen molar-refractivity contribution < 1.29 is 0 Å². The molecule has 2 bridgehead atoms. The molecule has 0 aromatic heterocycles. The maximum atomic E-state index is 6.29.